The number of hydrogen-bond acceptors (Lipinski definition) is 3. The molecule has 0 aromatic heterocycles. The van der Waals surface area contributed by atoms with Crippen LogP contribution in [0.25, 0.3) is 0 Å². The molecule has 0 fully saturated rings. The van der Waals surface area contributed by atoms with Gasteiger partial charge in [-0.1, -0.05) is 59.8 Å². The van der Waals surface area contributed by atoms with E-state index in [4.69, 9.17) is 15.2 Å². The van der Waals surface area contributed by atoms with E-state index in [0.29, 0.717) is 17.5 Å². The van der Waals surface area contributed by atoms with Gasteiger partial charge in [-0.3, -0.25) is 0 Å². The molecule has 0 aliphatic carbocycles. The fourth-order valence-electron chi connectivity index (χ4n) is 2.59. The minimum absolute atomic E-state index is 0.607. The summed E-state index contributed by atoms with van der Waals surface area (Å²) >= 11 is 0. The van der Waals surface area contributed by atoms with Gasteiger partial charge in [0.05, 0.1) is 18.9 Å². The monoisotopic (exact) mass is 321 g/mol. The first-order valence-corrected chi connectivity index (χ1v) is 9.29. The Balaban J connectivity index is 2.52. The maximum Gasteiger partial charge on any atom is 0.142 e. The maximum absolute atomic E-state index is 6.12. The lowest BCUT2D eigenvalue weighted by Crippen LogP contribution is -2.12. The van der Waals surface area contributed by atoms with Crippen LogP contribution in [0.3, 0.4) is 0 Å². The zero-order valence-electron chi connectivity index (χ0n) is 15.4. The van der Waals surface area contributed by atoms with Crippen molar-refractivity contribution in [2.75, 3.05) is 18.9 Å². The van der Waals surface area contributed by atoms with Crippen molar-refractivity contribution in [2.45, 2.75) is 66.2 Å². The second-order valence-electron chi connectivity index (χ2n) is 6.42. The second-order valence-corrected chi connectivity index (χ2v) is 6.42. The number of ether oxygens (including phenoxy) is 2. The summed E-state index contributed by atoms with van der Waals surface area (Å²) in [7, 11) is 0. The first kappa shape index (κ1) is 19.7. The summed E-state index contributed by atoms with van der Waals surface area (Å²) < 4.78 is 11.8. The number of rotatable bonds is 12. The number of hydrogen-bond donors (Lipinski definition) is 1. The second kappa shape index (κ2) is 11.2. The first-order chi connectivity index (χ1) is 11.1. The summed E-state index contributed by atoms with van der Waals surface area (Å²) in [6.07, 6.45) is 7.16. The summed E-state index contributed by atoms with van der Waals surface area (Å²) in [5.74, 6) is 2.82. The topological polar surface area (TPSA) is 44.5 Å². The summed E-state index contributed by atoms with van der Waals surface area (Å²) in [4.78, 5) is 0. The maximum atomic E-state index is 6.12. The Labute approximate surface area is 142 Å². The van der Waals surface area contributed by atoms with Crippen molar-refractivity contribution in [3.8, 4) is 11.5 Å². The number of nitrogen functional groups attached to an aromatic ring is 1. The van der Waals surface area contributed by atoms with Crippen molar-refractivity contribution in [3.05, 3.63) is 18.2 Å². The molecular weight excluding hydrogens is 286 g/mol. The lowest BCUT2D eigenvalue weighted by molar-refractivity contribution is 0.231. The van der Waals surface area contributed by atoms with Crippen LogP contribution >= 0.6 is 0 Å². The van der Waals surface area contributed by atoms with Crippen LogP contribution in [-0.2, 0) is 0 Å². The van der Waals surface area contributed by atoms with Gasteiger partial charge in [0.1, 0.15) is 11.5 Å². The van der Waals surface area contributed by atoms with Crippen molar-refractivity contribution in [1.82, 2.24) is 0 Å². The van der Waals surface area contributed by atoms with Gasteiger partial charge in [-0.05, 0) is 30.4 Å². The molecule has 0 radical (unpaired) electrons. The summed E-state index contributed by atoms with van der Waals surface area (Å²) in [5, 5.41) is 0. The summed E-state index contributed by atoms with van der Waals surface area (Å²) in [5.41, 5.74) is 6.78. The van der Waals surface area contributed by atoms with Crippen LogP contribution in [0.1, 0.15) is 66.2 Å². The van der Waals surface area contributed by atoms with Crippen molar-refractivity contribution < 1.29 is 9.47 Å². The van der Waals surface area contributed by atoms with E-state index < -0.39 is 0 Å². The van der Waals surface area contributed by atoms with E-state index in [-0.39, 0.29) is 0 Å². The molecule has 23 heavy (non-hydrogen) atoms. The molecule has 0 spiro atoms. The van der Waals surface area contributed by atoms with Crippen LogP contribution in [-0.4, -0.2) is 13.2 Å². The molecular formula is C20H35NO2. The molecule has 0 aliphatic heterocycles. The van der Waals surface area contributed by atoms with Crippen LogP contribution in [0.4, 0.5) is 5.69 Å². The third kappa shape index (κ3) is 7.15. The molecule has 0 bridgehead atoms. The average Bonchev–Trinajstić information content (AvgIpc) is 2.57. The predicted octanol–water partition coefficient (Wildman–Crippen LogP) is 5.68. The van der Waals surface area contributed by atoms with Gasteiger partial charge in [-0.15, -0.1) is 0 Å². The van der Waals surface area contributed by atoms with E-state index in [9.17, 15) is 0 Å². The molecule has 3 heteroatoms. The van der Waals surface area contributed by atoms with Crippen LogP contribution < -0.4 is 15.2 Å². The van der Waals surface area contributed by atoms with E-state index in [1.807, 2.05) is 18.2 Å². The highest BCUT2D eigenvalue weighted by Crippen LogP contribution is 2.28. The molecule has 3 nitrogen and oxygen atoms in total. The highest BCUT2D eigenvalue weighted by atomic mass is 16.5. The SMILES string of the molecule is CCCCC(CC)COc1ccc(OCC(CC)CC)cc1N. The molecule has 1 unspecified atom stereocenters. The van der Waals surface area contributed by atoms with E-state index in [2.05, 4.69) is 27.7 Å². The van der Waals surface area contributed by atoms with Gasteiger partial charge in [0.25, 0.3) is 0 Å². The first-order valence-electron chi connectivity index (χ1n) is 9.29. The fraction of sp³-hybridized carbons (Fsp3) is 0.700. The van der Waals surface area contributed by atoms with Crippen molar-refractivity contribution in [1.29, 1.82) is 0 Å². The van der Waals surface area contributed by atoms with Crippen LogP contribution in [0.5, 0.6) is 11.5 Å². The number of benzene rings is 1. The van der Waals surface area contributed by atoms with Gasteiger partial charge in [-0.2, -0.15) is 0 Å². The quantitative estimate of drug-likeness (QED) is 0.504. The lowest BCUT2D eigenvalue weighted by atomic mass is 10.0. The molecule has 0 amide bonds. The van der Waals surface area contributed by atoms with Gasteiger partial charge < -0.3 is 15.2 Å². The largest absolute Gasteiger partial charge is 0.493 e. The summed E-state index contributed by atoms with van der Waals surface area (Å²) in [6.45, 7) is 10.3. The van der Waals surface area contributed by atoms with Crippen LogP contribution in [0, 0.1) is 11.8 Å². The molecule has 1 aromatic carbocycles. The van der Waals surface area contributed by atoms with Crippen molar-refractivity contribution in [2.24, 2.45) is 11.8 Å². The number of anilines is 1. The van der Waals surface area contributed by atoms with E-state index >= 15 is 0 Å². The highest BCUT2D eigenvalue weighted by molar-refractivity contribution is 5.56. The zero-order valence-corrected chi connectivity index (χ0v) is 15.4. The van der Waals surface area contributed by atoms with E-state index in [1.165, 1.54) is 19.3 Å². The minimum Gasteiger partial charge on any atom is -0.493 e. The number of nitrogens with two attached hydrogens (primary N) is 1. The molecule has 0 aliphatic rings. The molecule has 1 atom stereocenters. The molecule has 0 saturated carbocycles. The van der Waals surface area contributed by atoms with Gasteiger partial charge in [-0.25, -0.2) is 0 Å². The van der Waals surface area contributed by atoms with Crippen LogP contribution in [0.2, 0.25) is 0 Å². The van der Waals surface area contributed by atoms with Gasteiger partial charge in [0.15, 0.2) is 0 Å². The third-order valence-electron chi connectivity index (χ3n) is 4.64. The fourth-order valence-corrected chi connectivity index (χ4v) is 2.59. The Hall–Kier alpha value is -1.38. The highest BCUT2D eigenvalue weighted by Gasteiger charge is 2.10. The molecule has 1 aromatic rings. The van der Waals surface area contributed by atoms with Crippen LogP contribution in [0.15, 0.2) is 18.2 Å². The van der Waals surface area contributed by atoms with Gasteiger partial charge in [0.2, 0.25) is 0 Å². The standard InChI is InChI=1S/C20H35NO2/c1-5-9-10-17(8-4)15-23-20-12-11-18(13-19(20)21)22-14-16(6-2)7-3/h11-13,16-17H,5-10,14-15,21H2,1-4H3. The third-order valence-corrected chi connectivity index (χ3v) is 4.64. The zero-order chi connectivity index (χ0) is 17.1. The van der Waals surface area contributed by atoms with Crippen molar-refractivity contribution >= 4 is 5.69 Å². The average molecular weight is 322 g/mol. The van der Waals surface area contributed by atoms with E-state index in [1.54, 1.807) is 0 Å². The molecule has 0 heterocycles. The normalized spacial score (nSPS) is 12.4. The Morgan fingerprint density at radius 1 is 0.913 bits per heavy atom. The Kier molecular flexibility index (Phi) is 9.58. The molecule has 0 saturated heterocycles. The Bertz CT molecular complexity index is 430. The minimum atomic E-state index is 0.607. The van der Waals surface area contributed by atoms with Crippen molar-refractivity contribution in [3.63, 3.8) is 0 Å². The Morgan fingerprint density at radius 3 is 2.13 bits per heavy atom. The summed E-state index contributed by atoms with van der Waals surface area (Å²) in [6, 6.07) is 5.77. The van der Waals surface area contributed by atoms with Gasteiger partial charge in [0, 0.05) is 6.07 Å². The Morgan fingerprint density at radius 2 is 1.57 bits per heavy atom. The smallest absolute Gasteiger partial charge is 0.142 e. The molecule has 1 rings (SSSR count). The number of unbranched alkanes of at least 4 members (excludes halogenated alkanes) is 1. The predicted molar refractivity (Wildman–Crippen MR) is 99.2 cm³/mol. The van der Waals surface area contributed by atoms with E-state index in [0.717, 1.165) is 44.0 Å². The lowest BCUT2D eigenvalue weighted by Gasteiger charge is -2.18. The van der Waals surface area contributed by atoms with Gasteiger partial charge >= 0.3 is 0 Å². The molecule has 2 N–H and O–H groups in total. The molecule has 132 valence electrons.